The molecule has 2 aromatic rings. The van der Waals surface area contributed by atoms with Crippen LogP contribution in [0.15, 0.2) is 23.3 Å². The Balaban J connectivity index is 2.06. The van der Waals surface area contributed by atoms with Crippen LogP contribution in [0.2, 0.25) is 0 Å². The predicted molar refractivity (Wildman–Crippen MR) is 76.1 cm³/mol. The number of aromatic hydroxyl groups is 2. The van der Waals surface area contributed by atoms with Gasteiger partial charge in [0.2, 0.25) is 0 Å². The highest BCUT2D eigenvalue weighted by Gasteiger charge is 2.13. The van der Waals surface area contributed by atoms with E-state index in [1.807, 2.05) is 0 Å². The summed E-state index contributed by atoms with van der Waals surface area (Å²) in [6.45, 7) is 1.68. The van der Waals surface area contributed by atoms with Crippen LogP contribution in [0, 0.1) is 6.92 Å². The third kappa shape index (κ3) is 3.04. The number of amides is 1. The number of phenolic OH excluding ortho intramolecular Hbond substituents is 2. The van der Waals surface area contributed by atoms with E-state index in [1.54, 1.807) is 6.92 Å². The zero-order valence-corrected chi connectivity index (χ0v) is 11.3. The molecule has 2 rings (SSSR count). The van der Waals surface area contributed by atoms with Crippen LogP contribution in [0.4, 0.5) is 5.13 Å². The van der Waals surface area contributed by atoms with Gasteiger partial charge >= 0.3 is 0 Å². The van der Waals surface area contributed by atoms with Crippen molar-refractivity contribution < 1.29 is 15.0 Å². The maximum Gasteiger partial charge on any atom is 0.283 e. The molecular weight excluding hydrogens is 280 g/mol. The second-order valence-corrected chi connectivity index (χ2v) is 4.94. The van der Waals surface area contributed by atoms with E-state index >= 15 is 0 Å². The monoisotopic (exact) mass is 292 g/mol. The number of hydrogen-bond donors (Lipinski definition) is 4. The van der Waals surface area contributed by atoms with Gasteiger partial charge in [0.05, 0.1) is 11.9 Å². The maximum atomic E-state index is 11.8. The number of rotatable bonds is 3. The highest BCUT2D eigenvalue weighted by atomic mass is 32.1. The van der Waals surface area contributed by atoms with E-state index in [1.165, 1.54) is 24.4 Å². The minimum Gasteiger partial charge on any atom is -0.508 e. The number of thiazole rings is 1. The van der Waals surface area contributed by atoms with Gasteiger partial charge in [-0.3, -0.25) is 4.79 Å². The van der Waals surface area contributed by atoms with Crippen molar-refractivity contribution in [3.63, 3.8) is 0 Å². The number of aromatic nitrogens is 1. The fourth-order valence-corrected chi connectivity index (χ4v) is 2.20. The summed E-state index contributed by atoms with van der Waals surface area (Å²) in [6, 6.07) is 4.05. The Kier molecular flexibility index (Phi) is 3.85. The number of nitrogens with two attached hydrogens (primary N) is 1. The van der Waals surface area contributed by atoms with Crippen LogP contribution in [0.25, 0.3) is 0 Å². The number of nitrogens with zero attached hydrogens (tertiary/aromatic N) is 2. The highest BCUT2D eigenvalue weighted by molar-refractivity contribution is 7.17. The Morgan fingerprint density at radius 3 is 2.85 bits per heavy atom. The third-order valence-corrected chi connectivity index (χ3v) is 3.39. The number of carbonyl (C=O) groups is 1. The van der Waals surface area contributed by atoms with Gasteiger partial charge in [-0.1, -0.05) is 11.3 Å². The number of carbonyl (C=O) groups excluding carboxylic acids is 1. The lowest BCUT2D eigenvalue weighted by molar-refractivity contribution is 0.0958. The molecule has 0 bridgehead atoms. The zero-order chi connectivity index (χ0) is 14.7. The summed E-state index contributed by atoms with van der Waals surface area (Å²) in [4.78, 5) is 16.1. The average molecular weight is 292 g/mol. The maximum absolute atomic E-state index is 11.8. The van der Waals surface area contributed by atoms with Gasteiger partial charge < -0.3 is 15.9 Å². The Morgan fingerprint density at radius 2 is 2.25 bits per heavy atom. The van der Waals surface area contributed by atoms with Crippen molar-refractivity contribution in [3.05, 3.63) is 34.3 Å². The Bertz CT molecular complexity index is 681. The minimum atomic E-state index is -0.425. The topological polar surface area (TPSA) is 121 Å². The summed E-state index contributed by atoms with van der Waals surface area (Å²) in [7, 11) is 0. The van der Waals surface area contributed by atoms with Crippen molar-refractivity contribution in [3.8, 4) is 11.5 Å². The quantitative estimate of drug-likeness (QED) is 0.500. The summed E-state index contributed by atoms with van der Waals surface area (Å²) in [5, 5.41) is 22.7. The number of hydrogen-bond acceptors (Lipinski definition) is 7. The molecule has 5 N–H and O–H groups in total. The van der Waals surface area contributed by atoms with Crippen LogP contribution in [0.5, 0.6) is 11.5 Å². The second-order valence-electron chi connectivity index (χ2n) is 3.91. The van der Waals surface area contributed by atoms with E-state index in [0.717, 1.165) is 11.3 Å². The average Bonchev–Trinajstić information content (AvgIpc) is 2.71. The van der Waals surface area contributed by atoms with E-state index < -0.39 is 5.91 Å². The van der Waals surface area contributed by atoms with Gasteiger partial charge in [0.25, 0.3) is 5.91 Å². The lowest BCUT2D eigenvalue weighted by Gasteiger charge is -2.00. The van der Waals surface area contributed by atoms with E-state index in [4.69, 9.17) is 10.8 Å². The fourth-order valence-electron chi connectivity index (χ4n) is 1.48. The SMILES string of the molecule is Cc1nc(N)sc1C(=O)N/N=C/c1ccc(O)cc1O. The molecule has 0 spiro atoms. The fraction of sp³-hybridized carbons (Fsp3) is 0.0833. The molecule has 1 aromatic heterocycles. The van der Waals surface area contributed by atoms with Crippen molar-refractivity contribution in [1.29, 1.82) is 0 Å². The van der Waals surface area contributed by atoms with Crippen LogP contribution in [-0.2, 0) is 0 Å². The second kappa shape index (κ2) is 5.57. The Morgan fingerprint density at radius 1 is 1.50 bits per heavy atom. The molecule has 0 unspecified atom stereocenters. The molecule has 8 heteroatoms. The van der Waals surface area contributed by atoms with Gasteiger partial charge in [-0.15, -0.1) is 0 Å². The summed E-state index contributed by atoms with van der Waals surface area (Å²) in [6.07, 6.45) is 1.27. The number of nitrogens with one attached hydrogen (secondary N) is 1. The zero-order valence-electron chi connectivity index (χ0n) is 10.5. The smallest absolute Gasteiger partial charge is 0.283 e. The first-order valence-corrected chi connectivity index (χ1v) is 6.37. The molecule has 0 aliphatic rings. The van der Waals surface area contributed by atoms with Crippen molar-refractivity contribution >= 4 is 28.6 Å². The molecule has 0 fully saturated rings. The van der Waals surface area contributed by atoms with Crippen molar-refractivity contribution in [1.82, 2.24) is 10.4 Å². The molecule has 20 heavy (non-hydrogen) atoms. The molecule has 0 saturated heterocycles. The van der Waals surface area contributed by atoms with Crippen LogP contribution in [-0.4, -0.2) is 27.3 Å². The van der Waals surface area contributed by atoms with Crippen molar-refractivity contribution in [2.24, 2.45) is 5.10 Å². The van der Waals surface area contributed by atoms with E-state index in [9.17, 15) is 9.90 Å². The van der Waals surface area contributed by atoms with Gasteiger partial charge in [-0.25, -0.2) is 10.4 Å². The number of phenols is 2. The summed E-state index contributed by atoms with van der Waals surface area (Å²) >= 11 is 1.07. The summed E-state index contributed by atoms with van der Waals surface area (Å²) < 4.78 is 0. The molecule has 0 aliphatic carbocycles. The van der Waals surface area contributed by atoms with Gasteiger partial charge in [-0.2, -0.15) is 5.10 Å². The number of nitrogen functional groups attached to an aromatic ring is 1. The van der Waals surface area contributed by atoms with Crippen molar-refractivity contribution in [2.45, 2.75) is 6.92 Å². The first kappa shape index (κ1) is 13.8. The molecule has 0 saturated carbocycles. The minimum absolute atomic E-state index is 0.0561. The molecule has 1 heterocycles. The van der Waals surface area contributed by atoms with E-state index in [2.05, 4.69) is 15.5 Å². The van der Waals surface area contributed by atoms with Gasteiger partial charge in [-0.05, 0) is 19.1 Å². The Labute approximate surface area is 118 Å². The van der Waals surface area contributed by atoms with Crippen LogP contribution < -0.4 is 11.2 Å². The van der Waals surface area contributed by atoms with Gasteiger partial charge in [0, 0.05) is 11.6 Å². The van der Waals surface area contributed by atoms with Crippen molar-refractivity contribution in [2.75, 3.05) is 5.73 Å². The largest absolute Gasteiger partial charge is 0.508 e. The lowest BCUT2D eigenvalue weighted by Crippen LogP contribution is -2.17. The molecule has 1 aromatic carbocycles. The summed E-state index contributed by atoms with van der Waals surface area (Å²) in [5.41, 5.74) is 8.72. The molecule has 1 amide bonds. The van der Waals surface area contributed by atoms with Crippen LogP contribution in [0.1, 0.15) is 20.9 Å². The molecule has 104 valence electrons. The molecule has 0 atom stereocenters. The molecular formula is C12H12N4O3S. The molecule has 7 nitrogen and oxygen atoms in total. The van der Waals surface area contributed by atoms with Crippen LogP contribution >= 0.6 is 11.3 Å². The summed E-state index contributed by atoms with van der Waals surface area (Å²) in [5.74, 6) is -0.619. The predicted octanol–water partition coefficient (Wildman–Crippen LogP) is 1.21. The molecule has 0 aliphatic heterocycles. The third-order valence-electron chi connectivity index (χ3n) is 2.40. The van der Waals surface area contributed by atoms with Gasteiger partial charge in [0.15, 0.2) is 5.13 Å². The van der Waals surface area contributed by atoms with Crippen LogP contribution in [0.3, 0.4) is 0 Å². The number of anilines is 1. The van der Waals surface area contributed by atoms with Gasteiger partial charge in [0.1, 0.15) is 16.4 Å². The first-order chi connectivity index (χ1) is 9.47. The normalized spacial score (nSPS) is 10.8. The highest BCUT2D eigenvalue weighted by Crippen LogP contribution is 2.21. The number of benzene rings is 1. The number of hydrazone groups is 1. The first-order valence-electron chi connectivity index (χ1n) is 5.55. The molecule has 0 radical (unpaired) electrons. The number of aryl methyl sites for hydroxylation is 1. The standard InChI is InChI=1S/C12H12N4O3S/c1-6-10(20-12(13)15-6)11(19)16-14-5-7-2-3-8(17)4-9(7)18/h2-5,17-18H,1H3,(H2,13,15)(H,16,19)/b14-5+. The Hall–Kier alpha value is -2.61. The van der Waals surface area contributed by atoms with E-state index in [-0.39, 0.29) is 11.5 Å². The van der Waals surface area contributed by atoms with E-state index in [0.29, 0.717) is 21.3 Å². The lowest BCUT2D eigenvalue weighted by atomic mass is 10.2.